The summed E-state index contributed by atoms with van der Waals surface area (Å²) in [5.74, 6) is 0.0510. The molecule has 1 saturated heterocycles. The van der Waals surface area contributed by atoms with E-state index in [0.717, 1.165) is 55.1 Å². The van der Waals surface area contributed by atoms with E-state index in [-0.39, 0.29) is 6.04 Å². The highest BCUT2D eigenvalue weighted by Gasteiger charge is 2.30. The van der Waals surface area contributed by atoms with Gasteiger partial charge in [0.2, 0.25) is 5.95 Å². The zero-order valence-electron chi connectivity index (χ0n) is 18.2. The highest BCUT2D eigenvalue weighted by Crippen LogP contribution is 2.29. The van der Waals surface area contributed by atoms with Crippen molar-refractivity contribution < 1.29 is 22.8 Å². The van der Waals surface area contributed by atoms with Crippen molar-refractivity contribution in [2.24, 2.45) is 0 Å². The van der Waals surface area contributed by atoms with Crippen LogP contribution in [0, 0.1) is 0 Å². The minimum Gasteiger partial charge on any atom is -0.351 e. The van der Waals surface area contributed by atoms with E-state index in [1.165, 1.54) is 12.1 Å². The summed E-state index contributed by atoms with van der Waals surface area (Å²) in [4.78, 5) is 32.0. The monoisotopic (exact) mass is 491 g/mol. The number of hydrogen-bond acceptors (Lipinski definition) is 7. The van der Waals surface area contributed by atoms with Gasteiger partial charge in [-0.2, -0.15) is 13.2 Å². The van der Waals surface area contributed by atoms with Crippen LogP contribution in [0.3, 0.4) is 0 Å². The number of imide groups is 1. The van der Waals surface area contributed by atoms with Crippen molar-refractivity contribution in [1.82, 2.24) is 20.6 Å². The van der Waals surface area contributed by atoms with Crippen LogP contribution in [0.25, 0.3) is 6.08 Å². The van der Waals surface area contributed by atoms with Gasteiger partial charge in [-0.25, -0.2) is 9.97 Å². The Kier molecular flexibility index (Phi) is 7.52. The zero-order chi connectivity index (χ0) is 24.1. The van der Waals surface area contributed by atoms with Gasteiger partial charge in [0.25, 0.3) is 11.1 Å². The third kappa shape index (κ3) is 6.57. The Balaban J connectivity index is 1.21. The average molecular weight is 492 g/mol. The predicted molar refractivity (Wildman–Crippen MR) is 124 cm³/mol. The number of thioether (sulfide) groups is 1. The normalized spacial score (nSPS) is 22.1. The number of benzene rings is 1. The second-order valence-electron chi connectivity index (χ2n) is 8.25. The number of nitrogens with one attached hydrogen (secondary N) is 3. The number of anilines is 1. The Morgan fingerprint density at radius 3 is 2.41 bits per heavy atom. The second kappa shape index (κ2) is 10.6. The molecule has 0 radical (unpaired) electrons. The van der Waals surface area contributed by atoms with Crippen LogP contribution in [0.2, 0.25) is 0 Å². The van der Waals surface area contributed by atoms with E-state index in [2.05, 4.69) is 25.9 Å². The van der Waals surface area contributed by atoms with Crippen molar-refractivity contribution in [1.29, 1.82) is 0 Å². The van der Waals surface area contributed by atoms with Crippen molar-refractivity contribution >= 4 is 34.9 Å². The molecule has 2 amide bonds. The maximum absolute atomic E-state index is 12.7. The fourth-order valence-electron chi connectivity index (χ4n) is 3.98. The molecule has 7 nitrogen and oxygen atoms in total. The maximum atomic E-state index is 12.7. The molecule has 1 aliphatic heterocycles. The Morgan fingerprint density at radius 1 is 1.06 bits per heavy atom. The first kappa shape index (κ1) is 24.2. The molecule has 2 aliphatic rings. The molecule has 1 aromatic heterocycles. The molecule has 11 heteroatoms. The Bertz CT molecular complexity index is 1070. The minimum absolute atomic E-state index is 0.224. The van der Waals surface area contributed by atoms with Gasteiger partial charge < -0.3 is 10.6 Å². The number of halogens is 3. The van der Waals surface area contributed by atoms with Crippen LogP contribution >= 0.6 is 11.8 Å². The smallest absolute Gasteiger partial charge is 0.351 e. The minimum atomic E-state index is -4.31. The van der Waals surface area contributed by atoms with E-state index in [9.17, 15) is 22.8 Å². The van der Waals surface area contributed by atoms with Crippen molar-refractivity contribution in [3.05, 3.63) is 58.3 Å². The van der Waals surface area contributed by atoms with E-state index in [4.69, 9.17) is 0 Å². The molecule has 3 N–H and O–H groups in total. The molecule has 2 aromatic rings. The Hall–Kier alpha value is -2.92. The van der Waals surface area contributed by atoms with Gasteiger partial charge in [0, 0.05) is 18.3 Å². The van der Waals surface area contributed by atoms with Gasteiger partial charge in [-0.05, 0) is 80.2 Å². The fourth-order valence-corrected chi connectivity index (χ4v) is 4.65. The van der Waals surface area contributed by atoms with Gasteiger partial charge >= 0.3 is 6.18 Å². The van der Waals surface area contributed by atoms with Crippen molar-refractivity contribution in [3.63, 3.8) is 0 Å². The Labute approximate surface area is 199 Å². The quantitative estimate of drug-likeness (QED) is 0.495. The number of carbonyl (C=O) groups is 2. The fraction of sp³-hybridized carbons (Fsp3) is 0.391. The van der Waals surface area contributed by atoms with Crippen molar-refractivity contribution in [3.8, 4) is 0 Å². The number of aromatic nitrogens is 2. The molecule has 1 aromatic carbocycles. The summed E-state index contributed by atoms with van der Waals surface area (Å²) >= 11 is 0.845. The molecule has 180 valence electrons. The van der Waals surface area contributed by atoms with E-state index in [1.807, 2.05) is 0 Å². The van der Waals surface area contributed by atoms with E-state index in [0.29, 0.717) is 35.6 Å². The summed E-state index contributed by atoms with van der Waals surface area (Å²) in [6.45, 7) is 0.710. The first-order valence-electron chi connectivity index (χ1n) is 11.0. The largest absolute Gasteiger partial charge is 0.416 e. The SMILES string of the molecule is O=C1NC(=O)/C(=C/c2ccnc(NC3CCC(NCCc4ccc(C(F)(F)F)cc4)CC3)n2)S1. The average Bonchev–Trinajstić information content (AvgIpc) is 3.11. The lowest BCUT2D eigenvalue weighted by atomic mass is 9.91. The van der Waals surface area contributed by atoms with Crippen LogP contribution in [-0.2, 0) is 17.4 Å². The third-order valence-electron chi connectivity index (χ3n) is 5.79. The van der Waals surface area contributed by atoms with Gasteiger partial charge in [-0.1, -0.05) is 12.1 Å². The molecule has 0 atom stereocenters. The van der Waals surface area contributed by atoms with Gasteiger partial charge in [0.05, 0.1) is 16.2 Å². The topological polar surface area (TPSA) is 96.0 Å². The van der Waals surface area contributed by atoms with E-state index >= 15 is 0 Å². The molecule has 34 heavy (non-hydrogen) atoms. The molecule has 2 fully saturated rings. The van der Waals surface area contributed by atoms with Gasteiger partial charge in [0.1, 0.15) is 0 Å². The standard InChI is InChI=1S/C23H24F3N5O2S/c24-23(25,26)15-3-1-14(2-4-15)9-11-27-16-5-7-17(8-6-16)29-21-28-12-10-18(30-21)13-19-20(32)31-22(33)34-19/h1-4,10,12-13,16-17,27H,5-9,11H2,(H,28,29,30)(H,31,32,33)/b19-13-. The summed E-state index contributed by atoms with van der Waals surface area (Å²) in [6.07, 6.45) is 3.33. The lowest BCUT2D eigenvalue weighted by Gasteiger charge is -2.29. The molecule has 0 bridgehead atoms. The number of alkyl halides is 3. The number of rotatable bonds is 7. The van der Waals surface area contributed by atoms with Gasteiger partial charge in [-0.15, -0.1) is 0 Å². The van der Waals surface area contributed by atoms with Crippen molar-refractivity contribution in [2.75, 3.05) is 11.9 Å². The molecule has 1 saturated carbocycles. The molecule has 1 aliphatic carbocycles. The number of amides is 2. The molecular weight excluding hydrogens is 467 g/mol. The van der Waals surface area contributed by atoms with Gasteiger partial charge in [0.15, 0.2) is 0 Å². The molecule has 2 heterocycles. The van der Waals surface area contributed by atoms with E-state index < -0.39 is 22.9 Å². The maximum Gasteiger partial charge on any atom is 0.416 e. The van der Waals surface area contributed by atoms with Gasteiger partial charge in [-0.3, -0.25) is 14.9 Å². The van der Waals surface area contributed by atoms with Crippen LogP contribution < -0.4 is 16.0 Å². The molecular formula is C23H24F3N5O2S. The van der Waals surface area contributed by atoms with E-state index in [1.54, 1.807) is 18.3 Å². The molecule has 4 rings (SSSR count). The van der Waals surface area contributed by atoms with Crippen LogP contribution in [-0.4, -0.2) is 39.7 Å². The van der Waals surface area contributed by atoms with Crippen LogP contribution in [0.15, 0.2) is 41.4 Å². The number of carbonyl (C=O) groups excluding carboxylic acids is 2. The van der Waals surface area contributed by atoms with Crippen molar-refractivity contribution in [2.45, 2.75) is 50.4 Å². The Morgan fingerprint density at radius 2 is 1.76 bits per heavy atom. The second-order valence-corrected chi connectivity index (χ2v) is 9.26. The lowest BCUT2D eigenvalue weighted by Crippen LogP contribution is -2.38. The third-order valence-corrected chi connectivity index (χ3v) is 6.60. The first-order chi connectivity index (χ1) is 16.3. The summed E-state index contributed by atoms with van der Waals surface area (Å²) in [5.41, 5.74) is 0.795. The highest BCUT2D eigenvalue weighted by molar-refractivity contribution is 8.18. The lowest BCUT2D eigenvalue weighted by molar-refractivity contribution is -0.137. The number of hydrogen-bond donors (Lipinski definition) is 3. The molecule has 0 spiro atoms. The van der Waals surface area contributed by atoms with Crippen LogP contribution in [0.4, 0.5) is 23.9 Å². The summed E-state index contributed by atoms with van der Waals surface area (Å²) in [5, 5.41) is 8.66. The summed E-state index contributed by atoms with van der Waals surface area (Å²) in [7, 11) is 0. The first-order valence-corrected chi connectivity index (χ1v) is 11.8. The highest BCUT2D eigenvalue weighted by atomic mass is 32.2. The molecule has 0 unspecified atom stereocenters. The number of nitrogens with zero attached hydrogens (tertiary/aromatic N) is 2. The summed E-state index contributed by atoms with van der Waals surface area (Å²) in [6, 6.07) is 7.57. The van der Waals surface area contributed by atoms with Crippen LogP contribution in [0.1, 0.15) is 42.5 Å². The zero-order valence-corrected chi connectivity index (χ0v) is 19.0. The summed E-state index contributed by atoms with van der Waals surface area (Å²) < 4.78 is 38.0. The van der Waals surface area contributed by atoms with Crippen LogP contribution in [0.5, 0.6) is 0 Å². The predicted octanol–water partition coefficient (Wildman–Crippen LogP) is 4.37.